The number of carbonyl (C=O) groups is 1. The van der Waals surface area contributed by atoms with Gasteiger partial charge in [-0.1, -0.05) is 35.3 Å². The summed E-state index contributed by atoms with van der Waals surface area (Å²) in [5, 5.41) is 3.11. The number of hydrogen-bond donors (Lipinski definition) is 2. The Bertz CT molecular complexity index is 624. The molecule has 1 amide bonds. The van der Waals surface area contributed by atoms with Gasteiger partial charge in [0.25, 0.3) is 5.91 Å². The number of halogens is 2. The highest BCUT2D eigenvalue weighted by Crippen LogP contribution is 2.18. The first-order chi connectivity index (χ1) is 9.45. The first-order valence-electron chi connectivity index (χ1n) is 5.95. The van der Waals surface area contributed by atoms with Crippen molar-refractivity contribution in [1.82, 2.24) is 4.98 Å². The van der Waals surface area contributed by atoms with E-state index in [9.17, 15) is 4.79 Å². The lowest BCUT2D eigenvalue weighted by molar-refractivity contribution is 0.102. The normalized spacial score (nSPS) is 12.0. The highest BCUT2D eigenvalue weighted by atomic mass is 35.5. The van der Waals surface area contributed by atoms with E-state index in [-0.39, 0.29) is 22.3 Å². The third kappa shape index (κ3) is 3.70. The van der Waals surface area contributed by atoms with Crippen LogP contribution in [0.2, 0.25) is 10.3 Å². The summed E-state index contributed by atoms with van der Waals surface area (Å²) in [5.41, 5.74) is 7.76. The second-order valence-electron chi connectivity index (χ2n) is 4.37. The van der Waals surface area contributed by atoms with Crippen LogP contribution in [0, 0.1) is 0 Å². The summed E-state index contributed by atoms with van der Waals surface area (Å²) < 4.78 is 0. The zero-order valence-electron chi connectivity index (χ0n) is 10.7. The summed E-state index contributed by atoms with van der Waals surface area (Å²) in [6.07, 6.45) is 0. The molecule has 3 N–H and O–H groups in total. The Kier molecular flexibility index (Phi) is 4.60. The predicted molar refractivity (Wildman–Crippen MR) is 81.3 cm³/mol. The Morgan fingerprint density at radius 1 is 1.25 bits per heavy atom. The smallest absolute Gasteiger partial charge is 0.255 e. The SMILES string of the molecule is C[C@@H](N)c1cccc(NC(=O)c2cc(Cl)nc(Cl)c2)c1. The van der Waals surface area contributed by atoms with Crippen LogP contribution in [-0.4, -0.2) is 10.9 Å². The predicted octanol–water partition coefficient (Wildman–Crippen LogP) is 3.66. The molecule has 0 spiro atoms. The van der Waals surface area contributed by atoms with Crippen molar-refractivity contribution < 1.29 is 4.79 Å². The zero-order chi connectivity index (χ0) is 14.7. The van der Waals surface area contributed by atoms with E-state index in [1.54, 1.807) is 6.07 Å². The molecule has 0 aliphatic rings. The molecule has 1 heterocycles. The monoisotopic (exact) mass is 309 g/mol. The number of amides is 1. The van der Waals surface area contributed by atoms with Gasteiger partial charge < -0.3 is 11.1 Å². The van der Waals surface area contributed by atoms with Crippen molar-refractivity contribution in [2.45, 2.75) is 13.0 Å². The molecule has 2 rings (SSSR count). The van der Waals surface area contributed by atoms with Crippen molar-refractivity contribution in [3.05, 3.63) is 57.8 Å². The van der Waals surface area contributed by atoms with Crippen LogP contribution in [-0.2, 0) is 0 Å². The lowest BCUT2D eigenvalue weighted by Gasteiger charge is -2.10. The molecule has 1 atom stereocenters. The van der Waals surface area contributed by atoms with Crippen molar-refractivity contribution in [2.24, 2.45) is 5.73 Å². The van der Waals surface area contributed by atoms with Crippen LogP contribution >= 0.6 is 23.2 Å². The minimum atomic E-state index is -0.307. The van der Waals surface area contributed by atoms with Crippen LogP contribution in [0.15, 0.2) is 36.4 Å². The number of carbonyl (C=O) groups excluding carboxylic acids is 1. The minimum Gasteiger partial charge on any atom is -0.324 e. The van der Waals surface area contributed by atoms with Crippen LogP contribution in [0.5, 0.6) is 0 Å². The molecule has 0 fully saturated rings. The van der Waals surface area contributed by atoms with E-state index >= 15 is 0 Å². The van der Waals surface area contributed by atoms with Gasteiger partial charge in [0.1, 0.15) is 10.3 Å². The summed E-state index contributed by atoms with van der Waals surface area (Å²) in [5.74, 6) is -0.307. The van der Waals surface area contributed by atoms with E-state index in [4.69, 9.17) is 28.9 Å². The van der Waals surface area contributed by atoms with Gasteiger partial charge in [-0.3, -0.25) is 4.79 Å². The lowest BCUT2D eigenvalue weighted by Crippen LogP contribution is -2.13. The molecule has 20 heavy (non-hydrogen) atoms. The average Bonchev–Trinajstić information content (AvgIpc) is 2.37. The number of hydrogen-bond acceptors (Lipinski definition) is 3. The number of benzene rings is 1. The molecule has 0 aliphatic heterocycles. The third-order valence-electron chi connectivity index (χ3n) is 2.70. The maximum atomic E-state index is 12.1. The van der Waals surface area contributed by atoms with Crippen LogP contribution in [0.1, 0.15) is 28.9 Å². The fourth-order valence-electron chi connectivity index (χ4n) is 1.70. The number of aromatic nitrogens is 1. The molecule has 4 nitrogen and oxygen atoms in total. The van der Waals surface area contributed by atoms with Gasteiger partial charge in [-0.05, 0) is 36.8 Å². The molecule has 0 bridgehead atoms. The number of nitrogens with zero attached hydrogens (tertiary/aromatic N) is 1. The molecular weight excluding hydrogens is 297 g/mol. The molecule has 0 aliphatic carbocycles. The quantitative estimate of drug-likeness (QED) is 0.850. The first kappa shape index (κ1) is 14.8. The Balaban J connectivity index is 2.21. The molecule has 1 aromatic carbocycles. The topological polar surface area (TPSA) is 68.0 Å². The Morgan fingerprint density at radius 2 is 1.90 bits per heavy atom. The van der Waals surface area contributed by atoms with Crippen molar-refractivity contribution in [3.63, 3.8) is 0 Å². The Morgan fingerprint density at radius 3 is 2.50 bits per heavy atom. The van der Waals surface area contributed by atoms with Crippen molar-refractivity contribution in [2.75, 3.05) is 5.32 Å². The van der Waals surface area contributed by atoms with Gasteiger partial charge >= 0.3 is 0 Å². The van der Waals surface area contributed by atoms with E-state index in [0.29, 0.717) is 11.3 Å². The van der Waals surface area contributed by atoms with Gasteiger partial charge in [-0.25, -0.2) is 4.98 Å². The van der Waals surface area contributed by atoms with Gasteiger partial charge in [0.2, 0.25) is 0 Å². The second-order valence-corrected chi connectivity index (χ2v) is 5.14. The van der Waals surface area contributed by atoms with Gasteiger partial charge in [-0.15, -0.1) is 0 Å². The molecule has 104 valence electrons. The van der Waals surface area contributed by atoms with E-state index < -0.39 is 0 Å². The van der Waals surface area contributed by atoms with Crippen LogP contribution in [0.4, 0.5) is 5.69 Å². The summed E-state index contributed by atoms with van der Waals surface area (Å²) in [7, 11) is 0. The fraction of sp³-hybridized carbons (Fsp3) is 0.143. The van der Waals surface area contributed by atoms with E-state index in [1.165, 1.54) is 12.1 Å². The average molecular weight is 310 g/mol. The summed E-state index contributed by atoms with van der Waals surface area (Å²) in [6, 6.07) is 10.2. The first-order valence-corrected chi connectivity index (χ1v) is 6.71. The second kappa shape index (κ2) is 6.22. The number of nitrogens with one attached hydrogen (secondary N) is 1. The highest BCUT2D eigenvalue weighted by Gasteiger charge is 2.10. The van der Waals surface area contributed by atoms with Crippen LogP contribution < -0.4 is 11.1 Å². The van der Waals surface area contributed by atoms with Crippen molar-refractivity contribution >= 4 is 34.8 Å². The maximum Gasteiger partial charge on any atom is 0.255 e. The molecule has 6 heteroatoms. The third-order valence-corrected chi connectivity index (χ3v) is 3.08. The number of anilines is 1. The summed E-state index contributed by atoms with van der Waals surface area (Å²) >= 11 is 11.5. The van der Waals surface area contributed by atoms with Crippen LogP contribution in [0.3, 0.4) is 0 Å². The Labute approximate surface area is 126 Å². The van der Waals surface area contributed by atoms with Crippen molar-refractivity contribution in [3.8, 4) is 0 Å². The number of pyridine rings is 1. The number of nitrogens with two attached hydrogens (primary N) is 1. The standard InChI is InChI=1S/C14H13Cl2N3O/c1-8(17)9-3-2-4-11(5-9)18-14(20)10-6-12(15)19-13(16)7-10/h2-8H,17H2,1H3,(H,18,20)/t8-/m1/s1. The van der Waals surface area contributed by atoms with Gasteiger partial charge in [0, 0.05) is 17.3 Å². The Hall–Kier alpha value is -1.62. The van der Waals surface area contributed by atoms with E-state index in [1.807, 2.05) is 25.1 Å². The van der Waals surface area contributed by atoms with Gasteiger partial charge in [0.15, 0.2) is 0 Å². The molecule has 2 aromatic rings. The van der Waals surface area contributed by atoms with Crippen LogP contribution in [0.25, 0.3) is 0 Å². The zero-order valence-corrected chi connectivity index (χ0v) is 12.2. The van der Waals surface area contributed by atoms with E-state index in [2.05, 4.69) is 10.3 Å². The fourth-order valence-corrected chi connectivity index (χ4v) is 2.16. The maximum absolute atomic E-state index is 12.1. The molecule has 1 aromatic heterocycles. The lowest BCUT2D eigenvalue weighted by atomic mass is 10.1. The van der Waals surface area contributed by atoms with Gasteiger partial charge in [-0.2, -0.15) is 0 Å². The molecule has 0 saturated heterocycles. The molecule has 0 unspecified atom stereocenters. The molecule has 0 radical (unpaired) electrons. The molecular formula is C14H13Cl2N3O. The summed E-state index contributed by atoms with van der Waals surface area (Å²) in [4.78, 5) is 15.9. The summed E-state index contributed by atoms with van der Waals surface area (Å²) in [6.45, 7) is 1.88. The molecule has 0 saturated carbocycles. The van der Waals surface area contributed by atoms with Gasteiger partial charge in [0.05, 0.1) is 0 Å². The van der Waals surface area contributed by atoms with Crippen molar-refractivity contribution in [1.29, 1.82) is 0 Å². The number of rotatable bonds is 3. The highest BCUT2D eigenvalue weighted by molar-refractivity contribution is 6.33. The largest absolute Gasteiger partial charge is 0.324 e. The minimum absolute atomic E-state index is 0.100. The van der Waals surface area contributed by atoms with E-state index in [0.717, 1.165) is 5.56 Å².